The van der Waals surface area contributed by atoms with Gasteiger partial charge in [-0.3, -0.25) is 0 Å². The van der Waals surface area contributed by atoms with Gasteiger partial charge in [0.05, 0.1) is 6.61 Å². The molecule has 1 aromatic rings. The van der Waals surface area contributed by atoms with Crippen LogP contribution < -0.4 is 4.74 Å². The summed E-state index contributed by atoms with van der Waals surface area (Å²) in [4.78, 5) is 0. The topological polar surface area (TPSA) is 29.5 Å². The molecule has 1 rings (SSSR count). The van der Waals surface area contributed by atoms with E-state index in [0.29, 0.717) is 5.75 Å². The molecule has 0 fully saturated rings. The summed E-state index contributed by atoms with van der Waals surface area (Å²) in [6.07, 6.45) is 2.20. The Bertz CT molecular complexity index is 352. The molecule has 0 heterocycles. The van der Waals surface area contributed by atoms with E-state index in [0.717, 1.165) is 47.5 Å². The van der Waals surface area contributed by atoms with E-state index in [9.17, 15) is 5.11 Å². The quantitative estimate of drug-likeness (QED) is 0.785. The summed E-state index contributed by atoms with van der Waals surface area (Å²) in [7, 11) is 0. The van der Waals surface area contributed by atoms with Gasteiger partial charge in [-0.1, -0.05) is 13.3 Å². The van der Waals surface area contributed by atoms with Crippen molar-refractivity contribution in [3.8, 4) is 11.5 Å². The van der Waals surface area contributed by atoms with E-state index in [-0.39, 0.29) is 0 Å². The molecule has 0 bridgehead atoms. The second-order valence-corrected chi connectivity index (χ2v) is 4.38. The van der Waals surface area contributed by atoms with Gasteiger partial charge in [-0.15, -0.1) is 0 Å². The van der Waals surface area contributed by atoms with E-state index in [1.54, 1.807) is 0 Å². The van der Waals surface area contributed by atoms with Gasteiger partial charge in [0.2, 0.25) is 0 Å². The normalized spacial score (nSPS) is 10.6. The predicted octanol–water partition coefficient (Wildman–Crippen LogP) is 3.80. The Morgan fingerprint density at radius 2 is 1.44 bits per heavy atom. The van der Waals surface area contributed by atoms with Crippen molar-refractivity contribution in [1.29, 1.82) is 0 Å². The first-order valence-electron chi connectivity index (χ1n) is 5.92. The molecule has 0 atom stereocenters. The van der Waals surface area contributed by atoms with Crippen molar-refractivity contribution < 1.29 is 9.84 Å². The summed E-state index contributed by atoms with van der Waals surface area (Å²) in [5.74, 6) is 1.35. The lowest BCUT2D eigenvalue weighted by atomic mass is 9.98. The van der Waals surface area contributed by atoms with Crippen LogP contribution in [0.2, 0.25) is 0 Å². The third-order valence-electron chi connectivity index (χ3n) is 3.26. The van der Waals surface area contributed by atoms with E-state index in [2.05, 4.69) is 6.92 Å². The molecule has 0 aliphatic rings. The molecule has 0 saturated heterocycles. The lowest BCUT2D eigenvalue weighted by Crippen LogP contribution is -2.03. The Balaban J connectivity index is 3.08. The first-order chi connectivity index (χ1) is 7.50. The molecule has 90 valence electrons. The fourth-order valence-corrected chi connectivity index (χ4v) is 1.79. The minimum absolute atomic E-state index is 0.401. The highest BCUT2D eigenvalue weighted by Crippen LogP contribution is 2.36. The molecule has 0 aromatic heterocycles. The van der Waals surface area contributed by atoms with Crippen LogP contribution in [0.1, 0.15) is 42.0 Å². The minimum atomic E-state index is 0.401. The van der Waals surface area contributed by atoms with Crippen molar-refractivity contribution in [1.82, 2.24) is 0 Å². The Labute approximate surface area is 98.3 Å². The van der Waals surface area contributed by atoms with Gasteiger partial charge in [-0.2, -0.15) is 0 Å². The Morgan fingerprint density at radius 1 is 0.938 bits per heavy atom. The summed E-state index contributed by atoms with van der Waals surface area (Å²) >= 11 is 0. The van der Waals surface area contributed by atoms with Gasteiger partial charge in [-0.05, 0) is 56.4 Å². The van der Waals surface area contributed by atoms with E-state index in [1.807, 2.05) is 27.7 Å². The summed E-state index contributed by atoms with van der Waals surface area (Å²) in [6.45, 7) is 10.8. The second kappa shape index (κ2) is 5.24. The Hall–Kier alpha value is -1.18. The molecule has 0 aliphatic carbocycles. The average molecular weight is 222 g/mol. The first kappa shape index (κ1) is 12.9. The third kappa shape index (κ3) is 2.31. The van der Waals surface area contributed by atoms with Crippen molar-refractivity contribution in [2.45, 2.75) is 47.5 Å². The van der Waals surface area contributed by atoms with Crippen LogP contribution in [0.25, 0.3) is 0 Å². The number of rotatable bonds is 4. The van der Waals surface area contributed by atoms with Crippen LogP contribution in [0.15, 0.2) is 0 Å². The number of phenolic OH excluding ortho intramolecular Hbond substituents is 1. The van der Waals surface area contributed by atoms with E-state index >= 15 is 0 Å². The van der Waals surface area contributed by atoms with Crippen LogP contribution in [0.3, 0.4) is 0 Å². The number of phenols is 1. The van der Waals surface area contributed by atoms with Crippen LogP contribution in [-0.2, 0) is 0 Å². The highest BCUT2D eigenvalue weighted by atomic mass is 16.5. The van der Waals surface area contributed by atoms with Crippen molar-refractivity contribution >= 4 is 0 Å². The summed E-state index contributed by atoms with van der Waals surface area (Å²) in [6, 6.07) is 0. The fraction of sp³-hybridized carbons (Fsp3) is 0.571. The second-order valence-electron chi connectivity index (χ2n) is 4.38. The smallest absolute Gasteiger partial charge is 0.125 e. The molecule has 0 aliphatic heterocycles. The van der Waals surface area contributed by atoms with E-state index in [4.69, 9.17) is 4.74 Å². The predicted molar refractivity (Wildman–Crippen MR) is 67.5 cm³/mol. The summed E-state index contributed by atoms with van der Waals surface area (Å²) < 4.78 is 5.81. The zero-order valence-corrected chi connectivity index (χ0v) is 11.0. The SMILES string of the molecule is CCCCOc1c(C)c(C)c(O)c(C)c1C. The molecule has 2 nitrogen and oxygen atoms in total. The van der Waals surface area contributed by atoms with Gasteiger partial charge in [0.15, 0.2) is 0 Å². The van der Waals surface area contributed by atoms with E-state index in [1.165, 1.54) is 0 Å². The molecular formula is C14H22O2. The molecule has 1 N–H and O–H groups in total. The molecule has 0 amide bonds. The van der Waals surface area contributed by atoms with Gasteiger partial charge in [0, 0.05) is 0 Å². The maximum Gasteiger partial charge on any atom is 0.125 e. The van der Waals surface area contributed by atoms with Crippen molar-refractivity contribution in [2.75, 3.05) is 6.61 Å². The lowest BCUT2D eigenvalue weighted by molar-refractivity contribution is 0.304. The van der Waals surface area contributed by atoms with Gasteiger partial charge < -0.3 is 9.84 Å². The van der Waals surface area contributed by atoms with Crippen LogP contribution in [0, 0.1) is 27.7 Å². The monoisotopic (exact) mass is 222 g/mol. The number of hydrogen-bond donors (Lipinski definition) is 1. The number of unbranched alkanes of at least 4 members (excludes halogenated alkanes) is 1. The van der Waals surface area contributed by atoms with Crippen LogP contribution >= 0.6 is 0 Å². The zero-order valence-electron chi connectivity index (χ0n) is 11.0. The van der Waals surface area contributed by atoms with Crippen LogP contribution in [0.5, 0.6) is 11.5 Å². The van der Waals surface area contributed by atoms with Crippen molar-refractivity contribution in [2.24, 2.45) is 0 Å². The lowest BCUT2D eigenvalue weighted by Gasteiger charge is -2.17. The maximum absolute atomic E-state index is 9.91. The standard InChI is InChI=1S/C14H22O2/c1-6-7-8-16-14-11(4)9(2)13(15)10(3)12(14)5/h15H,6-8H2,1-5H3. The molecule has 16 heavy (non-hydrogen) atoms. The summed E-state index contributed by atoms with van der Waals surface area (Å²) in [5, 5.41) is 9.91. The number of aromatic hydroxyl groups is 1. The zero-order chi connectivity index (χ0) is 12.3. The number of benzene rings is 1. The van der Waals surface area contributed by atoms with E-state index < -0.39 is 0 Å². The maximum atomic E-state index is 9.91. The molecule has 0 radical (unpaired) electrons. The fourth-order valence-electron chi connectivity index (χ4n) is 1.79. The van der Waals surface area contributed by atoms with Crippen LogP contribution in [0.4, 0.5) is 0 Å². The first-order valence-corrected chi connectivity index (χ1v) is 5.92. The molecule has 0 unspecified atom stereocenters. The molecule has 0 saturated carbocycles. The van der Waals surface area contributed by atoms with Gasteiger partial charge in [0.25, 0.3) is 0 Å². The van der Waals surface area contributed by atoms with Gasteiger partial charge in [-0.25, -0.2) is 0 Å². The van der Waals surface area contributed by atoms with Gasteiger partial charge in [0.1, 0.15) is 11.5 Å². The average Bonchev–Trinajstić information content (AvgIpc) is 2.28. The Kier molecular flexibility index (Phi) is 4.22. The van der Waals surface area contributed by atoms with Crippen molar-refractivity contribution in [3.63, 3.8) is 0 Å². The molecule has 2 heteroatoms. The third-order valence-corrected chi connectivity index (χ3v) is 3.26. The largest absolute Gasteiger partial charge is 0.507 e. The minimum Gasteiger partial charge on any atom is -0.507 e. The number of hydrogen-bond acceptors (Lipinski definition) is 2. The number of ether oxygens (including phenoxy) is 1. The highest BCUT2D eigenvalue weighted by molar-refractivity contribution is 5.56. The molecule has 0 spiro atoms. The highest BCUT2D eigenvalue weighted by Gasteiger charge is 2.14. The Morgan fingerprint density at radius 3 is 1.88 bits per heavy atom. The molecular weight excluding hydrogens is 200 g/mol. The van der Waals surface area contributed by atoms with Crippen LogP contribution in [-0.4, -0.2) is 11.7 Å². The summed E-state index contributed by atoms with van der Waals surface area (Å²) in [5.41, 5.74) is 3.96. The van der Waals surface area contributed by atoms with Gasteiger partial charge >= 0.3 is 0 Å². The van der Waals surface area contributed by atoms with Crippen molar-refractivity contribution in [3.05, 3.63) is 22.3 Å². The molecule has 1 aromatic carbocycles.